The molecule has 2 saturated heterocycles. The zero-order chi connectivity index (χ0) is 17.1. The van der Waals surface area contributed by atoms with Gasteiger partial charge in [-0.25, -0.2) is 4.79 Å². The number of rotatable bonds is 3. The Balaban J connectivity index is 1.77. The lowest BCUT2D eigenvalue weighted by atomic mass is 9.90. The average molecular weight is 329 g/mol. The molecule has 2 aliphatic rings. The highest BCUT2D eigenvalue weighted by Gasteiger charge is 2.31. The molecule has 2 heterocycles. The normalized spacial score (nSPS) is 21.6. The van der Waals surface area contributed by atoms with Crippen molar-refractivity contribution in [1.82, 2.24) is 15.1 Å². The maximum Gasteiger partial charge on any atom is 0.317 e. The number of nitrogens with zero attached hydrogens (tertiary/aromatic N) is 2. The Morgan fingerprint density at radius 2 is 2.04 bits per heavy atom. The van der Waals surface area contributed by atoms with E-state index in [1.807, 2.05) is 4.90 Å². The van der Waals surface area contributed by atoms with E-state index in [1.165, 1.54) is 16.7 Å². The molecule has 0 aliphatic carbocycles. The summed E-state index contributed by atoms with van der Waals surface area (Å²) in [6.45, 7) is 6.60. The zero-order valence-electron chi connectivity index (χ0n) is 14.7. The van der Waals surface area contributed by atoms with E-state index >= 15 is 0 Å². The molecule has 0 unspecified atom stereocenters. The second-order valence-electron chi connectivity index (χ2n) is 6.89. The van der Waals surface area contributed by atoms with Crippen LogP contribution in [0.5, 0.6) is 0 Å². The summed E-state index contributed by atoms with van der Waals surface area (Å²) in [6.07, 6.45) is 4.09. The maximum absolute atomic E-state index is 12.9. The van der Waals surface area contributed by atoms with E-state index < -0.39 is 0 Å². The van der Waals surface area contributed by atoms with Gasteiger partial charge in [0.25, 0.3) is 0 Å². The first-order chi connectivity index (χ1) is 11.6. The monoisotopic (exact) mass is 329 g/mol. The van der Waals surface area contributed by atoms with Gasteiger partial charge in [0.1, 0.15) is 6.54 Å². The number of hydrogen-bond donors (Lipinski definition) is 1. The Morgan fingerprint density at radius 1 is 1.21 bits per heavy atom. The first kappa shape index (κ1) is 16.8. The van der Waals surface area contributed by atoms with Crippen molar-refractivity contribution in [3.05, 3.63) is 34.9 Å². The highest BCUT2D eigenvalue weighted by atomic mass is 16.2. The minimum Gasteiger partial charge on any atom is -0.338 e. The third-order valence-electron chi connectivity index (χ3n) is 5.32. The molecular weight excluding hydrogens is 302 g/mol. The number of carbonyl (C=O) groups excluding carboxylic acids is 2. The molecule has 5 nitrogen and oxygen atoms in total. The molecule has 1 atom stereocenters. The molecule has 1 aromatic carbocycles. The molecule has 2 fully saturated rings. The van der Waals surface area contributed by atoms with Crippen molar-refractivity contribution in [2.75, 3.05) is 26.2 Å². The molecular formula is C19H27N3O2. The van der Waals surface area contributed by atoms with Crippen LogP contribution in [0.2, 0.25) is 0 Å². The number of carbonyl (C=O) groups is 2. The van der Waals surface area contributed by atoms with Gasteiger partial charge in [0, 0.05) is 19.6 Å². The number of benzene rings is 1. The lowest BCUT2D eigenvalue weighted by molar-refractivity contribution is -0.135. The molecule has 1 N–H and O–H groups in total. The van der Waals surface area contributed by atoms with Gasteiger partial charge in [-0.05, 0) is 56.2 Å². The third kappa shape index (κ3) is 3.40. The smallest absolute Gasteiger partial charge is 0.317 e. The van der Waals surface area contributed by atoms with Crippen molar-refractivity contribution in [3.63, 3.8) is 0 Å². The van der Waals surface area contributed by atoms with Gasteiger partial charge in [-0.3, -0.25) is 4.79 Å². The molecule has 0 aromatic heterocycles. The van der Waals surface area contributed by atoms with Crippen molar-refractivity contribution in [2.24, 2.45) is 0 Å². The van der Waals surface area contributed by atoms with E-state index in [9.17, 15) is 9.59 Å². The van der Waals surface area contributed by atoms with Gasteiger partial charge >= 0.3 is 6.03 Å². The maximum atomic E-state index is 12.9. The van der Waals surface area contributed by atoms with Crippen LogP contribution in [0.25, 0.3) is 0 Å². The Hall–Kier alpha value is -2.04. The second kappa shape index (κ2) is 7.24. The quantitative estimate of drug-likeness (QED) is 0.927. The summed E-state index contributed by atoms with van der Waals surface area (Å²) in [6, 6.07) is 6.36. The second-order valence-corrected chi connectivity index (χ2v) is 6.89. The summed E-state index contributed by atoms with van der Waals surface area (Å²) < 4.78 is 0. The zero-order valence-corrected chi connectivity index (χ0v) is 14.7. The van der Waals surface area contributed by atoms with E-state index in [1.54, 1.807) is 4.90 Å². The first-order valence-electron chi connectivity index (χ1n) is 8.96. The molecule has 0 spiro atoms. The van der Waals surface area contributed by atoms with Crippen LogP contribution in [0.4, 0.5) is 4.79 Å². The summed E-state index contributed by atoms with van der Waals surface area (Å²) in [5, 5.41) is 2.82. The fourth-order valence-corrected chi connectivity index (χ4v) is 3.77. The minimum atomic E-state index is -0.116. The molecule has 3 rings (SSSR count). The van der Waals surface area contributed by atoms with Crippen LogP contribution < -0.4 is 5.32 Å². The number of nitrogens with one attached hydrogen (secondary N) is 1. The Morgan fingerprint density at radius 3 is 2.83 bits per heavy atom. The van der Waals surface area contributed by atoms with Gasteiger partial charge in [0.05, 0.1) is 6.04 Å². The SMILES string of the molecule is Cc1cccc([C@H]2CCCCN2C(=O)CN2CCCNC2=O)c1C. The summed E-state index contributed by atoms with van der Waals surface area (Å²) in [5.41, 5.74) is 3.80. The molecule has 1 aromatic rings. The summed E-state index contributed by atoms with van der Waals surface area (Å²) in [5.74, 6) is 0.0673. The predicted octanol–water partition coefficient (Wildman–Crippen LogP) is 2.77. The number of hydrogen-bond acceptors (Lipinski definition) is 2. The van der Waals surface area contributed by atoms with Gasteiger partial charge in [-0.2, -0.15) is 0 Å². The number of amides is 3. The highest BCUT2D eigenvalue weighted by molar-refractivity contribution is 5.84. The molecule has 2 aliphatic heterocycles. The van der Waals surface area contributed by atoms with Crippen LogP contribution in [-0.4, -0.2) is 47.9 Å². The molecule has 0 bridgehead atoms. The first-order valence-corrected chi connectivity index (χ1v) is 8.96. The molecule has 0 saturated carbocycles. The van der Waals surface area contributed by atoms with Gasteiger partial charge in [0.15, 0.2) is 0 Å². The van der Waals surface area contributed by atoms with Crippen molar-refractivity contribution in [3.8, 4) is 0 Å². The van der Waals surface area contributed by atoms with Crippen LogP contribution >= 0.6 is 0 Å². The largest absolute Gasteiger partial charge is 0.338 e. The lowest BCUT2D eigenvalue weighted by Gasteiger charge is -2.38. The molecule has 24 heavy (non-hydrogen) atoms. The summed E-state index contributed by atoms with van der Waals surface area (Å²) >= 11 is 0. The van der Waals surface area contributed by atoms with E-state index in [4.69, 9.17) is 0 Å². The summed E-state index contributed by atoms with van der Waals surface area (Å²) in [7, 11) is 0. The molecule has 0 radical (unpaired) electrons. The fraction of sp³-hybridized carbons (Fsp3) is 0.579. The lowest BCUT2D eigenvalue weighted by Crippen LogP contribution is -2.51. The Kier molecular flexibility index (Phi) is 5.07. The van der Waals surface area contributed by atoms with Crippen LogP contribution in [0.3, 0.4) is 0 Å². The molecule has 3 amide bonds. The van der Waals surface area contributed by atoms with E-state index in [-0.39, 0.29) is 24.5 Å². The van der Waals surface area contributed by atoms with Crippen molar-refractivity contribution in [1.29, 1.82) is 0 Å². The highest BCUT2D eigenvalue weighted by Crippen LogP contribution is 2.33. The Bertz CT molecular complexity index is 629. The van der Waals surface area contributed by atoms with E-state index in [2.05, 4.69) is 37.4 Å². The van der Waals surface area contributed by atoms with Crippen molar-refractivity contribution < 1.29 is 9.59 Å². The summed E-state index contributed by atoms with van der Waals surface area (Å²) in [4.78, 5) is 28.4. The standard InChI is InChI=1S/C19H27N3O2/c1-14-7-5-8-16(15(14)2)17-9-3-4-12-22(17)18(23)13-21-11-6-10-20-19(21)24/h5,7-8,17H,3-4,6,9-13H2,1-2H3,(H,20,24)/t17-/m1/s1. The molecule has 130 valence electrons. The number of aryl methyl sites for hydroxylation is 1. The van der Waals surface area contributed by atoms with Crippen LogP contribution in [0.15, 0.2) is 18.2 Å². The van der Waals surface area contributed by atoms with Gasteiger partial charge in [-0.1, -0.05) is 18.2 Å². The van der Waals surface area contributed by atoms with Crippen LogP contribution in [0, 0.1) is 13.8 Å². The van der Waals surface area contributed by atoms with Gasteiger partial charge in [0.2, 0.25) is 5.91 Å². The minimum absolute atomic E-state index is 0.0673. The average Bonchev–Trinajstić information content (AvgIpc) is 2.59. The number of piperidine rings is 1. The van der Waals surface area contributed by atoms with Gasteiger partial charge < -0.3 is 15.1 Å². The number of likely N-dealkylation sites (tertiary alicyclic amines) is 1. The third-order valence-corrected chi connectivity index (χ3v) is 5.32. The van der Waals surface area contributed by atoms with E-state index in [0.717, 1.165) is 32.2 Å². The number of urea groups is 1. The van der Waals surface area contributed by atoms with Crippen LogP contribution in [-0.2, 0) is 4.79 Å². The van der Waals surface area contributed by atoms with Gasteiger partial charge in [-0.15, -0.1) is 0 Å². The van der Waals surface area contributed by atoms with Crippen LogP contribution in [0.1, 0.15) is 48.4 Å². The van der Waals surface area contributed by atoms with Crippen molar-refractivity contribution in [2.45, 2.75) is 45.6 Å². The Labute approximate surface area is 144 Å². The predicted molar refractivity (Wildman–Crippen MR) is 93.8 cm³/mol. The molecule has 5 heteroatoms. The van der Waals surface area contributed by atoms with Crippen molar-refractivity contribution >= 4 is 11.9 Å². The fourth-order valence-electron chi connectivity index (χ4n) is 3.77. The topological polar surface area (TPSA) is 52.7 Å². The van der Waals surface area contributed by atoms with E-state index in [0.29, 0.717) is 13.1 Å².